The molecule has 1 aromatic carbocycles. The first-order valence-electron chi connectivity index (χ1n) is 6.00. The zero-order chi connectivity index (χ0) is 14.4. The fourth-order valence-corrected chi connectivity index (χ4v) is 3.21. The molecule has 20 heavy (non-hydrogen) atoms. The van der Waals surface area contributed by atoms with Crippen molar-refractivity contribution in [3.8, 4) is 11.8 Å². The first kappa shape index (κ1) is 15.0. The van der Waals surface area contributed by atoms with Crippen LogP contribution in [0.2, 0.25) is 0 Å². The molecule has 0 unspecified atom stereocenters. The number of halogens is 1. The summed E-state index contributed by atoms with van der Waals surface area (Å²) >= 11 is 3.11. The molecule has 0 saturated heterocycles. The maximum atomic E-state index is 13.6. The molecule has 0 aliphatic rings. The van der Waals surface area contributed by atoms with Crippen molar-refractivity contribution in [2.75, 3.05) is 6.61 Å². The van der Waals surface area contributed by atoms with Crippen LogP contribution in [0, 0.1) is 24.6 Å². The second kappa shape index (κ2) is 7.39. The molecule has 2 aromatic rings. The van der Waals surface area contributed by atoms with E-state index < -0.39 is 0 Å². The van der Waals surface area contributed by atoms with E-state index in [-0.39, 0.29) is 12.4 Å². The van der Waals surface area contributed by atoms with Crippen molar-refractivity contribution in [3.05, 3.63) is 40.2 Å². The van der Waals surface area contributed by atoms with E-state index in [1.54, 1.807) is 35.2 Å². The van der Waals surface area contributed by atoms with Crippen molar-refractivity contribution in [2.24, 2.45) is 0 Å². The van der Waals surface area contributed by atoms with Crippen LogP contribution >= 0.6 is 23.1 Å². The van der Waals surface area contributed by atoms with E-state index in [9.17, 15) is 4.39 Å². The van der Waals surface area contributed by atoms with Gasteiger partial charge in [0.2, 0.25) is 0 Å². The van der Waals surface area contributed by atoms with Gasteiger partial charge in [0.1, 0.15) is 10.8 Å². The van der Waals surface area contributed by atoms with Gasteiger partial charge in [0.25, 0.3) is 0 Å². The molecule has 1 heterocycles. The number of thioether (sulfide) groups is 1. The number of hydrogen-bond acceptors (Lipinski definition) is 5. The summed E-state index contributed by atoms with van der Waals surface area (Å²) in [6.07, 6.45) is 0.350. The molecular formula is C14H13FN2OS2. The number of nitrogens with zero attached hydrogens (tertiary/aromatic N) is 2. The largest absolute Gasteiger partial charge is 0.395 e. The molecule has 0 saturated carbocycles. The zero-order valence-corrected chi connectivity index (χ0v) is 12.5. The van der Waals surface area contributed by atoms with Gasteiger partial charge in [-0.25, -0.2) is 4.39 Å². The molecule has 1 N–H and O–H groups in total. The fraction of sp³-hybridized carbons (Fsp3) is 0.286. The highest BCUT2D eigenvalue weighted by molar-refractivity contribution is 8.00. The fourth-order valence-electron chi connectivity index (χ4n) is 1.45. The second-order valence-corrected chi connectivity index (χ2v) is 6.37. The number of hydrogen-bond donors (Lipinski definition) is 1. The van der Waals surface area contributed by atoms with E-state index in [1.807, 2.05) is 6.92 Å². The molecule has 2 rings (SSSR count). The Labute approximate surface area is 125 Å². The van der Waals surface area contributed by atoms with Crippen molar-refractivity contribution >= 4 is 23.1 Å². The maximum Gasteiger partial charge on any atom is 0.174 e. The number of aromatic nitrogens is 2. The van der Waals surface area contributed by atoms with Crippen LogP contribution in [0.15, 0.2) is 22.5 Å². The molecule has 0 atom stereocenters. The third kappa shape index (κ3) is 4.30. The Balaban J connectivity index is 2.05. The van der Waals surface area contributed by atoms with Crippen LogP contribution < -0.4 is 0 Å². The van der Waals surface area contributed by atoms with E-state index in [0.29, 0.717) is 17.7 Å². The van der Waals surface area contributed by atoms with Crippen LogP contribution in [-0.2, 0) is 5.75 Å². The van der Waals surface area contributed by atoms with Gasteiger partial charge in [0.15, 0.2) is 4.34 Å². The minimum atomic E-state index is -0.337. The van der Waals surface area contributed by atoms with Crippen LogP contribution in [0.4, 0.5) is 4.39 Å². The number of aliphatic hydroxyl groups is 1. The minimum absolute atomic E-state index is 0.0133. The van der Waals surface area contributed by atoms with E-state index in [2.05, 4.69) is 22.0 Å². The Morgan fingerprint density at radius 2 is 2.25 bits per heavy atom. The SMILES string of the molecule is Cc1nnc(SCc2ccc(F)c(C#CCCO)c2)s1. The van der Waals surface area contributed by atoms with E-state index >= 15 is 0 Å². The van der Waals surface area contributed by atoms with Crippen molar-refractivity contribution in [3.63, 3.8) is 0 Å². The van der Waals surface area contributed by atoms with Gasteiger partial charge in [0.05, 0.1) is 12.2 Å². The summed E-state index contributed by atoms with van der Waals surface area (Å²) in [7, 11) is 0. The molecule has 0 aliphatic carbocycles. The third-order valence-electron chi connectivity index (χ3n) is 2.36. The summed E-state index contributed by atoms with van der Waals surface area (Å²) in [5.41, 5.74) is 1.35. The van der Waals surface area contributed by atoms with Crippen LogP contribution in [0.1, 0.15) is 22.6 Å². The standard InChI is InChI=1S/C14H13FN2OS2/c1-10-16-17-14(20-10)19-9-11-5-6-13(15)12(8-11)4-2-3-7-18/h5-6,8,18H,3,7,9H2,1H3. The van der Waals surface area contributed by atoms with Gasteiger partial charge in [-0.05, 0) is 24.6 Å². The Hall–Kier alpha value is -1.42. The van der Waals surface area contributed by atoms with E-state index in [1.165, 1.54) is 6.07 Å². The maximum absolute atomic E-state index is 13.6. The summed E-state index contributed by atoms with van der Waals surface area (Å²) in [6.45, 7) is 1.90. The molecule has 0 aliphatic heterocycles. The van der Waals surface area contributed by atoms with Gasteiger partial charge in [0, 0.05) is 12.2 Å². The molecule has 0 bridgehead atoms. The molecular weight excluding hydrogens is 295 g/mol. The van der Waals surface area contributed by atoms with Gasteiger partial charge in [-0.1, -0.05) is 41.0 Å². The highest BCUT2D eigenvalue weighted by Crippen LogP contribution is 2.26. The molecule has 0 fully saturated rings. The second-order valence-electron chi connectivity index (χ2n) is 3.97. The number of rotatable bonds is 4. The third-order valence-corrected chi connectivity index (χ3v) is 4.40. The van der Waals surface area contributed by atoms with Gasteiger partial charge >= 0.3 is 0 Å². The first-order valence-corrected chi connectivity index (χ1v) is 7.80. The summed E-state index contributed by atoms with van der Waals surface area (Å²) in [4.78, 5) is 0. The van der Waals surface area contributed by atoms with Gasteiger partial charge in [-0.2, -0.15) is 0 Å². The van der Waals surface area contributed by atoms with Crippen molar-refractivity contribution in [1.29, 1.82) is 0 Å². The molecule has 0 amide bonds. The average Bonchev–Trinajstić information content (AvgIpc) is 2.85. The number of aryl methyl sites for hydroxylation is 1. The number of benzene rings is 1. The quantitative estimate of drug-likeness (QED) is 0.696. The van der Waals surface area contributed by atoms with Crippen LogP contribution in [0.5, 0.6) is 0 Å². The highest BCUT2D eigenvalue weighted by atomic mass is 32.2. The smallest absolute Gasteiger partial charge is 0.174 e. The van der Waals surface area contributed by atoms with Gasteiger partial charge in [-0.3, -0.25) is 0 Å². The summed E-state index contributed by atoms with van der Waals surface area (Å²) in [5.74, 6) is 5.83. The molecule has 104 valence electrons. The molecule has 1 aromatic heterocycles. The van der Waals surface area contributed by atoms with Crippen molar-refractivity contribution in [2.45, 2.75) is 23.4 Å². The lowest BCUT2D eigenvalue weighted by Crippen LogP contribution is -1.88. The first-order chi connectivity index (χ1) is 9.69. The Bertz CT molecular complexity index is 646. The predicted octanol–water partition coefficient (Wildman–Crippen LogP) is 3.01. The average molecular weight is 308 g/mol. The normalized spacial score (nSPS) is 10.2. The summed E-state index contributed by atoms with van der Waals surface area (Å²) in [6, 6.07) is 4.90. The highest BCUT2D eigenvalue weighted by Gasteiger charge is 2.05. The molecule has 6 heteroatoms. The van der Waals surface area contributed by atoms with Crippen LogP contribution in [0.3, 0.4) is 0 Å². The lowest BCUT2D eigenvalue weighted by atomic mass is 10.1. The van der Waals surface area contributed by atoms with Crippen LogP contribution in [0.25, 0.3) is 0 Å². The Kier molecular flexibility index (Phi) is 5.53. The minimum Gasteiger partial charge on any atom is -0.395 e. The molecule has 0 spiro atoms. The van der Waals surface area contributed by atoms with E-state index in [0.717, 1.165) is 14.9 Å². The molecule has 3 nitrogen and oxygen atoms in total. The summed E-state index contributed by atoms with van der Waals surface area (Å²) < 4.78 is 14.5. The lowest BCUT2D eigenvalue weighted by molar-refractivity contribution is 0.305. The predicted molar refractivity (Wildman–Crippen MR) is 79.2 cm³/mol. The monoisotopic (exact) mass is 308 g/mol. The van der Waals surface area contributed by atoms with E-state index in [4.69, 9.17) is 5.11 Å². The van der Waals surface area contributed by atoms with Gasteiger partial charge in [-0.15, -0.1) is 10.2 Å². The lowest BCUT2D eigenvalue weighted by Gasteiger charge is -2.01. The Morgan fingerprint density at radius 3 is 2.95 bits per heavy atom. The topological polar surface area (TPSA) is 46.0 Å². The van der Waals surface area contributed by atoms with Crippen LogP contribution in [-0.4, -0.2) is 21.9 Å². The molecule has 0 radical (unpaired) electrons. The van der Waals surface area contributed by atoms with Gasteiger partial charge < -0.3 is 5.11 Å². The zero-order valence-electron chi connectivity index (χ0n) is 10.9. The number of aliphatic hydroxyl groups excluding tert-OH is 1. The summed E-state index contributed by atoms with van der Waals surface area (Å²) in [5, 5.41) is 17.6. The van der Waals surface area contributed by atoms with Crippen molar-refractivity contribution in [1.82, 2.24) is 10.2 Å². The van der Waals surface area contributed by atoms with Crippen molar-refractivity contribution < 1.29 is 9.50 Å². The Morgan fingerprint density at radius 1 is 1.40 bits per heavy atom.